The van der Waals surface area contributed by atoms with Crippen molar-refractivity contribution in [3.05, 3.63) is 30.1 Å². The Morgan fingerprint density at radius 3 is 2.71 bits per heavy atom. The summed E-state index contributed by atoms with van der Waals surface area (Å²) < 4.78 is 4.96. The van der Waals surface area contributed by atoms with Crippen LogP contribution in [0.5, 0.6) is 0 Å². The lowest BCUT2D eigenvalue weighted by molar-refractivity contribution is -0.158. The van der Waals surface area contributed by atoms with Gasteiger partial charge in [0.05, 0.1) is 12.8 Å². The number of aromatic nitrogens is 1. The number of hydrogen-bond donors (Lipinski definition) is 0. The summed E-state index contributed by atoms with van der Waals surface area (Å²) in [6, 6.07) is 5.31. The van der Waals surface area contributed by atoms with Crippen LogP contribution in [0.2, 0.25) is 0 Å². The van der Waals surface area contributed by atoms with Crippen molar-refractivity contribution in [1.29, 1.82) is 0 Å². The fraction of sp³-hybridized carbons (Fsp3) is 0.611. The molecule has 1 saturated heterocycles. The zero-order valence-electron chi connectivity index (χ0n) is 14.2. The molecule has 2 heterocycles. The molecule has 3 rings (SSSR count). The maximum absolute atomic E-state index is 12.8. The van der Waals surface area contributed by atoms with E-state index >= 15 is 0 Å². The maximum Gasteiger partial charge on any atom is 0.329 e. The Morgan fingerprint density at radius 2 is 2.04 bits per heavy atom. The topological polar surface area (TPSA) is 62.7 Å². The second-order valence-electron chi connectivity index (χ2n) is 6.61. The SMILES string of the molecule is COC(=O)C1CN(Cc2ccccn2)CCN1C(=O)C1CCCC1. The highest BCUT2D eigenvalue weighted by molar-refractivity contribution is 5.86. The van der Waals surface area contributed by atoms with E-state index in [2.05, 4.69) is 9.88 Å². The van der Waals surface area contributed by atoms with Gasteiger partial charge in [0, 0.05) is 38.3 Å². The van der Waals surface area contributed by atoms with Crippen LogP contribution in [0.3, 0.4) is 0 Å². The Morgan fingerprint density at radius 1 is 1.25 bits per heavy atom. The van der Waals surface area contributed by atoms with E-state index in [4.69, 9.17) is 4.74 Å². The molecule has 1 amide bonds. The summed E-state index contributed by atoms with van der Waals surface area (Å²) in [5.41, 5.74) is 0.969. The third kappa shape index (κ3) is 3.75. The van der Waals surface area contributed by atoms with Crippen LogP contribution in [0.25, 0.3) is 0 Å². The first-order valence-corrected chi connectivity index (χ1v) is 8.69. The quantitative estimate of drug-likeness (QED) is 0.782. The van der Waals surface area contributed by atoms with Crippen molar-refractivity contribution in [2.45, 2.75) is 38.3 Å². The van der Waals surface area contributed by atoms with Gasteiger partial charge in [-0.3, -0.25) is 14.7 Å². The molecular weight excluding hydrogens is 306 g/mol. The zero-order chi connectivity index (χ0) is 16.9. The Bertz CT molecular complexity index is 572. The summed E-state index contributed by atoms with van der Waals surface area (Å²) in [6.45, 7) is 2.51. The van der Waals surface area contributed by atoms with E-state index in [0.717, 1.165) is 37.9 Å². The van der Waals surface area contributed by atoms with Crippen LogP contribution in [0.1, 0.15) is 31.4 Å². The van der Waals surface area contributed by atoms with E-state index in [-0.39, 0.29) is 17.8 Å². The van der Waals surface area contributed by atoms with Gasteiger partial charge in [-0.05, 0) is 25.0 Å². The monoisotopic (exact) mass is 331 g/mol. The van der Waals surface area contributed by atoms with Crippen LogP contribution in [0, 0.1) is 5.92 Å². The van der Waals surface area contributed by atoms with E-state index in [1.807, 2.05) is 18.2 Å². The number of rotatable bonds is 4. The number of esters is 1. The summed E-state index contributed by atoms with van der Waals surface area (Å²) in [5, 5.41) is 0. The molecule has 6 nitrogen and oxygen atoms in total. The van der Waals surface area contributed by atoms with E-state index in [1.54, 1.807) is 11.1 Å². The first kappa shape index (κ1) is 16.9. The number of hydrogen-bond acceptors (Lipinski definition) is 5. The molecule has 6 heteroatoms. The first-order valence-electron chi connectivity index (χ1n) is 8.69. The van der Waals surface area contributed by atoms with Gasteiger partial charge in [-0.15, -0.1) is 0 Å². The number of carbonyl (C=O) groups is 2. The van der Waals surface area contributed by atoms with Crippen LogP contribution in [-0.2, 0) is 20.9 Å². The van der Waals surface area contributed by atoms with Gasteiger partial charge in [0.25, 0.3) is 0 Å². The molecule has 130 valence electrons. The number of pyridine rings is 1. The van der Waals surface area contributed by atoms with Crippen LogP contribution in [0.15, 0.2) is 24.4 Å². The number of methoxy groups -OCH3 is 1. The molecule has 0 N–H and O–H groups in total. The minimum Gasteiger partial charge on any atom is -0.467 e. The summed E-state index contributed by atoms with van der Waals surface area (Å²) in [7, 11) is 1.39. The standard InChI is InChI=1S/C18H25N3O3/c1-24-18(23)16-13-20(12-15-8-4-5-9-19-15)10-11-21(16)17(22)14-6-2-3-7-14/h4-5,8-9,14,16H,2-3,6-7,10-13H2,1H3. The number of ether oxygens (including phenoxy) is 1. The highest BCUT2D eigenvalue weighted by Gasteiger charge is 2.39. The molecule has 1 saturated carbocycles. The molecule has 1 aromatic heterocycles. The Labute approximate surface area is 142 Å². The number of amides is 1. The summed E-state index contributed by atoms with van der Waals surface area (Å²) in [4.78, 5) is 33.3. The molecule has 1 unspecified atom stereocenters. The number of nitrogens with zero attached hydrogens (tertiary/aromatic N) is 3. The van der Waals surface area contributed by atoms with Gasteiger partial charge >= 0.3 is 5.97 Å². The molecule has 24 heavy (non-hydrogen) atoms. The van der Waals surface area contributed by atoms with Crippen molar-refractivity contribution in [3.8, 4) is 0 Å². The fourth-order valence-electron chi connectivity index (χ4n) is 3.71. The summed E-state index contributed by atoms with van der Waals surface area (Å²) in [6.07, 6.45) is 5.88. The highest BCUT2D eigenvalue weighted by Crippen LogP contribution is 2.28. The normalized spacial score (nSPS) is 22.5. The minimum absolute atomic E-state index is 0.0829. The molecule has 2 fully saturated rings. The van der Waals surface area contributed by atoms with E-state index in [1.165, 1.54) is 7.11 Å². The number of carbonyl (C=O) groups excluding carboxylic acids is 2. The van der Waals surface area contributed by atoms with Gasteiger partial charge in [-0.1, -0.05) is 18.9 Å². The first-order chi connectivity index (χ1) is 11.7. The Balaban J connectivity index is 1.68. The van der Waals surface area contributed by atoms with Crippen molar-refractivity contribution in [3.63, 3.8) is 0 Å². The molecular formula is C18H25N3O3. The van der Waals surface area contributed by atoms with E-state index in [9.17, 15) is 9.59 Å². The molecule has 2 aliphatic rings. The van der Waals surface area contributed by atoms with Gasteiger partial charge in [-0.25, -0.2) is 4.79 Å². The fourth-order valence-corrected chi connectivity index (χ4v) is 3.71. The summed E-state index contributed by atoms with van der Waals surface area (Å²) >= 11 is 0. The van der Waals surface area contributed by atoms with Gasteiger partial charge < -0.3 is 9.64 Å². The predicted octanol–water partition coefficient (Wildman–Crippen LogP) is 1.46. The van der Waals surface area contributed by atoms with Crippen LogP contribution >= 0.6 is 0 Å². The molecule has 0 aromatic carbocycles. The average molecular weight is 331 g/mol. The zero-order valence-corrected chi connectivity index (χ0v) is 14.2. The molecule has 0 radical (unpaired) electrons. The number of piperazine rings is 1. The van der Waals surface area contributed by atoms with Crippen molar-refractivity contribution in [2.24, 2.45) is 5.92 Å². The smallest absolute Gasteiger partial charge is 0.329 e. The van der Waals surface area contributed by atoms with Crippen molar-refractivity contribution >= 4 is 11.9 Å². The van der Waals surface area contributed by atoms with Gasteiger partial charge in [0.15, 0.2) is 0 Å². The van der Waals surface area contributed by atoms with Crippen LogP contribution in [0.4, 0.5) is 0 Å². The highest BCUT2D eigenvalue weighted by atomic mass is 16.5. The Hall–Kier alpha value is -1.95. The minimum atomic E-state index is -0.513. The average Bonchev–Trinajstić information content (AvgIpc) is 3.16. The molecule has 0 spiro atoms. The third-order valence-electron chi connectivity index (χ3n) is 5.04. The van der Waals surface area contributed by atoms with Crippen molar-refractivity contribution in [2.75, 3.05) is 26.7 Å². The van der Waals surface area contributed by atoms with Crippen LogP contribution < -0.4 is 0 Å². The maximum atomic E-state index is 12.8. The Kier molecular flexibility index (Phi) is 5.45. The second-order valence-corrected chi connectivity index (χ2v) is 6.61. The van der Waals surface area contributed by atoms with E-state index in [0.29, 0.717) is 19.6 Å². The largest absolute Gasteiger partial charge is 0.467 e. The molecule has 1 aromatic rings. The summed E-state index contributed by atoms with van der Waals surface area (Å²) in [5.74, 6) is -0.119. The van der Waals surface area contributed by atoms with Crippen molar-refractivity contribution < 1.29 is 14.3 Å². The lowest BCUT2D eigenvalue weighted by atomic mass is 10.0. The lowest BCUT2D eigenvalue weighted by Crippen LogP contribution is -2.59. The van der Waals surface area contributed by atoms with Gasteiger partial charge in [0.1, 0.15) is 6.04 Å². The molecule has 0 bridgehead atoms. The molecule has 1 aliphatic carbocycles. The predicted molar refractivity (Wildman–Crippen MR) is 89.0 cm³/mol. The van der Waals surface area contributed by atoms with Crippen molar-refractivity contribution in [1.82, 2.24) is 14.8 Å². The van der Waals surface area contributed by atoms with E-state index < -0.39 is 6.04 Å². The third-order valence-corrected chi connectivity index (χ3v) is 5.04. The molecule has 1 atom stereocenters. The van der Waals surface area contributed by atoms with Gasteiger partial charge in [0.2, 0.25) is 5.91 Å². The van der Waals surface area contributed by atoms with Crippen LogP contribution in [-0.4, -0.2) is 59.4 Å². The lowest BCUT2D eigenvalue weighted by Gasteiger charge is -2.40. The second kappa shape index (κ2) is 7.75. The molecule has 1 aliphatic heterocycles. The van der Waals surface area contributed by atoms with Gasteiger partial charge in [-0.2, -0.15) is 0 Å².